The minimum absolute atomic E-state index is 0.0741. The van der Waals surface area contributed by atoms with Crippen molar-refractivity contribution in [3.63, 3.8) is 0 Å². The maximum absolute atomic E-state index is 14.4. The summed E-state index contributed by atoms with van der Waals surface area (Å²) in [4.78, 5) is 33.3. The third-order valence-electron chi connectivity index (χ3n) is 5.84. The zero-order chi connectivity index (χ0) is 20.7. The fraction of sp³-hybridized carbons (Fsp3) is 0.409. The fourth-order valence-electron chi connectivity index (χ4n) is 4.29. The van der Waals surface area contributed by atoms with E-state index in [1.165, 1.54) is 11.1 Å². The summed E-state index contributed by atoms with van der Waals surface area (Å²) < 4.78 is 14.4. The topological polar surface area (TPSA) is 53.5 Å². The summed E-state index contributed by atoms with van der Waals surface area (Å²) in [6.45, 7) is 4.28. The minimum atomic E-state index is -0.702. The average Bonchev–Trinajstić information content (AvgIpc) is 2.65. The van der Waals surface area contributed by atoms with Crippen LogP contribution < -0.4 is 4.90 Å². The quantitative estimate of drug-likeness (QED) is 0.759. The molecule has 2 fully saturated rings. The number of benzene rings is 1. The van der Waals surface area contributed by atoms with Crippen LogP contribution in [-0.2, 0) is 16.1 Å². The van der Waals surface area contributed by atoms with Crippen LogP contribution in [0.4, 0.5) is 10.2 Å². The molecule has 1 aliphatic carbocycles. The molecule has 1 unspecified atom stereocenters. The van der Waals surface area contributed by atoms with Crippen molar-refractivity contribution in [2.45, 2.75) is 39.3 Å². The maximum atomic E-state index is 14.4. The number of hydrogen-bond donors (Lipinski definition) is 0. The Kier molecular flexibility index (Phi) is 5.30. The molecular weight excluding hydrogens is 393 g/mol. The first kappa shape index (κ1) is 19.8. The predicted octanol–water partition coefficient (Wildman–Crippen LogP) is 3.97. The number of nitrogens with zero attached hydrogens (tertiary/aromatic N) is 3. The van der Waals surface area contributed by atoms with Crippen molar-refractivity contribution in [1.82, 2.24) is 9.88 Å². The summed E-state index contributed by atoms with van der Waals surface area (Å²) in [5.41, 5.74) is 2.10. The molecule has 0 radical (unpaired) electrons. The van der Waals surface area contributed by atoms with Gasteiger partial charge in [0.1, 0.15) is 12.6 Å². The van der Waals surface area contributed by atoms with E-state index < -0.39 is 11.9 Å². The summed E-state index contributed by atoms with van der Waals surface area (Å²) in [6.07, 6.45) is 3.04. The zero-order valence-electron chi connectivity index (χ0n) is 16.4. The molecular formula is C22H23ClFN3O2. The molecule has 2 heterocycles. The number of aromatic nitrogens is 1. The highest BCUT2D eigenvalue weighted by molar-refractivity contribution is 6.30. The Bertz CT molecular complexity index is 944. The molecule has 2 amide bonds. The van der Waals surface area contributed by atoms with Crippen molar-refractivity contribution in [1.29, 1.82) is 0 Å². The van der Waals surface area contributed by atoms with Gasteiger partial charge in [-0.05, 0) is 43.2 Å². The molecule has 152 valence electrons. The molecule has 1 aromatic heterocycles. The molecule has 1 atom stereocenters. The molecule has 4 rings (SSSR count). The van der Waals surface area contributed by atoms with E-state index in [9.17, 15) is 14.0 Å². The van der Waals surface area contributed by atoms with Crippen LogP contribution in [0.15, 0.2) is 36.5 Å². The maximum Gasteiger partial charge on any atom is 0.251 e. The summed E-state index contributed by atoms with van der Waals surface area (Å²) in [5.74, 6) is -0.727. The molecule has 7 heteroatoms. The van der Waals surface area contributed by atoms with Crippen LogP contribution in [0.2, 0.25) is 5.02 Å². The van der Waals surface area contributed by atoms with Crippen LogP contribution >= 0.6 is 11.6 Å². The lowest BCUT2D eigenvalue weighted by atomic mass is 9.71. The molecule has 29 heavy (non-hydrogen) atoms. The van der Waals surface area contributed by atoms with Gasteiger partial charge < -0.3 is 4.90 Å². The van der Waals surface area contributed by atoms with Crippen LogP contribution in [0.1, 0.15) is 30.9 Å². The standard InChI is InChI=1S/C22H23ClFN3O2/c1-13-3-5-15(6-4-13)11-26-19(28)12-27(21-18(24)9-17(23)10-25-21)22(29)20(26)16-7-14(2)8-16/h3-6,9-10,14,16,20H,7-8,11-12H2,1-2H3. The van der Waals surface area contributed by atoms with Crippen LogP contribution in [0.25, 0.3) is 0 Å². The second-order valence-corrected chi connectivity index (χ2v) is 8.61. The van der Waals surface area contributed by atoms with Gasteiger partial charge in [0.25, 0.3) is 5.91 Å². The van der Waals surface area contributed by atoms with Gasteiger partial charge in [-0.3, -0.25) is 14.5 Å². The van der Waals surface area contributed by atoms with Gasteiger partial charge in [0.2, 0.25) is 5.91 Å². The highest BCUT2D eigenvalue weighted by Gasteiger charge is 2.48. The Labute approximate surface area is 174 Å². The van der Waals surface area contributed by atoms with E-state index in [2.05, 4.69) is 11.9 Å². The van der Waals surface area contributed by atoms with Gasteiger partial charge in [-0.15, -0.1) is 0 Å². The molecule has 1 aliphatic heterocycles. The van der Waals surface area contributed by atoms with Crippen molar-refractivity contribution < 1.29 is 14.0 Å². The van der Waals surface area contributed by atoms with E-state index in [0.29, 0.717) is 12.5 Å². The molecule has 0 bridgehead atoms. The number of anilines is 1. The van der Waals surface area contributed by atoms with Gasteiger partial charge in [0.15, 0.2) is 11.6 Å². The van der Waals surface area contributed by atoms with Crippen molar-refractivity contribution in [3.8, 4) is 0 Å². The third-order valence-corrected chi connectivity index (χ3v) is 6.05. The van der Waals surface area contributed by atoms with Gasteiger partial charge in [-0.2, -0.15) is 0 Å². The number of rotatable bonds is 4. The molecule has 2 aromatic rings. The Hall–Kier alpha value is -2.47. The molecule has 0 spiro atoms. The molecule has 1 saturated heterocycles. The average molecular weight is 416 g/mol. The summed E-state index contributed by atoms with van der Waals surface area (Å²) in [5, 5.41) is 0.146. The van der Waals surface area contributed by atoms with E-state index in [1.54, 1.807) is 4.90 Å². The smallest absolute Gasteiger partial charge is 0.251 e. The summed E-state index contributed by atoms with van der Waals surface area (Å²) in [6, 6.07) is 8.43. The summed E-state index contributed by atoms with van der Waals surface area (Å²) >= 11 is 5.79. The number of pyridine rings is 1. The number of halogens is 2. The van der Waals surface area contributed by atoms with Crippen molar-refractivity contribution in [2.75, 3.05) is 11.4 Å². The fourth-order valence-corrected chi connectivity index (χ4v) is 4.44. The van der Waals surface area contributed by atoms with E-state index in [0.717, 1.165) is 30.0 Å². The van der Waals surface area contributed by atoms with Crippen LogP contribution in [0.5, 0.6) is 0 Å². The van der Waals surface area contributed by atoms with Crippen molar-refractivity contribution in [2.24, 2.45) is 11.8 Å². The predicted molar refractivity (Wildman–Crippen MR) is 109 cm³/mol. The van der Waals surface area contributed by atoms with Gasteiger partial charge in [-0.25, -0.2) is 9.37 Å². The van der Waals surface area contributed by atoms with Gasteiger partial charge in [0.05, 0.1) is 5.02 Å². The molecule has 1 saturated carbocycles. The molecule has 0 N–H and O–H groups in total. The Balaban J connectivity index is 1.65. The lowest BCUT2D eigenvalue weighted by Gasteiger charge is -2.47. The normalized spacial score (nSPS) is 24.6. The highest BCUT2D eigenvalue weighted by atomic mass is 35.5. The SMILES string of the molecule is Cc1ccc(CN2C(=O)CN(c3ncc(Cl)cc3F)C(=O)C2C2CC(C)C2)cc1. The second-order valence-electron chi connectivity index (χ2n) is 8.17. The van der Waals surface area contributed by atoms with E-state index in [1.807, 2.05) is 31.2 Å². The molecule has 2 aliphatic rings. The van der Waals surface area contributed by atoms with Gasteiger partial charge >= 0.3 is 0 Å². The number of hydrogen-bond acceptors (Lipinski definition) is 3. The minimum Gasteiger partial charge on any atom is -0.324 e. The van der Waals surface area contributed by atoms with Crippen molar-refractivity contribution in [3.05, 3.63) is 58.5 Å². The first-order valence-electron chi connectivity index (χ1n) is 9.81. The first-order chi connectivity index (χ1) is 13.8. The Morgan fingerprint density at radius 2 is 1.90 bits per heavy atom. The van der Waals surface area contributed by atoms with E-state index in [-0.39, 0.29) is 35.1 Å². The number of aryl methyl sites for hydroxylation is 1. The number of piperazine rings is 1. The monoisotopic (exact) mass is 415 g/mol. The van der Waals surface area contributed by atoms with E-state index in [4.69, 9.17) is 11.6 Å². The van der Waals surface area contributed by atoms with Gasteiger partial charge in [0, 0.05) is 12.7 Å². The number of carbonyl (C=O) groups excluding carboxylic acids is 2. The zero-order valence-corrected chi connectivity index (χ0v) is 17.2. The largest absolute Gasteiger partial charge is 0.324 e. The highest BCUT2D eigenvalue weighted by Crippen LogP contribution is 2.40. The number of amides is 2. The van der Waals surface area contributed by atoms with Crippen LogP contribution in [0, 0.1) is 24.6 Å². The van der Waals surface area contributed by atoms with Crippen LogP contribution in [-0.4, -0.2) is 34.3 Å². The Morgan fingerprint density at radius 3 is 2.52 bits per heavy atom. The lowest BCUT2D eigenvalue weighted by Crippen LogP contribution is -2.63. The van der Waals surface area contributed by atoms with Crippen molar-refractivity contribution >= 4 is 29.2 Å². The lowest BCUT2D eigenvalue weighted by molar-refractivity contribution is -0.148. The first-order valence-corrected chi connectivity index (χ1v) is 10.2. The van der Waals surface area contributed by atoms with Gasteiger partial charge in [-0.1, -0.05) is 48.4 Å². The Morgan fingerprint density at radius 1 is 1.21 bits per heavy atom. The number of carbonyl (C=O) groups is 2. The molecule has 5 nitrogen and oxygen atoms in total. The van der Waals surface area contributed by atoms with Crippen LogP contribution in [0.3, 0.4) is 0 Å². The molecule has 1 aromatic carbocycles. The summed E-state index contributed by atoms with van der Waals surface area (Å²) in [7, 11) is 0. The van der Waals surface area contributed by atoms with E-state index >= 15 is 0 Å². The third kappa shape index (κ3) is 3.86. The second kappa shape index (κ2) is 7.75.